The molecular formula is C16H14ClIN2O3S. The molecule has 8 heteroatoms. The van der Waals surface area contributed by atoms with Crippen LogP contribution in [0.1, 0.15) is 5.56 Å². The average molecular weight is 477 g/mol. The first kappa shape index (κ1) is 18.9. The molecule has 2 aromatic rings. The van der Waals surface area contributed by atoms with Crippen LogP contribution in [0.2, 0.25) is 5.02 Å². The van der Waals surface area contributed by atoms with Crippen molar-refractivity contribution >= 4 is 58.1 Å². The molecule has 0 spiro atoms. The van der Waals surface area contributed by atoms with Crippen molar-refractivity contribution < 1.29 is 14.6 Å². The number of carbonyl (C=O) groups excluding carboxylic acids is 1. The Balaban J connectivity index is 1.88. The molecule has 0 unspecified atom stereocenters. The Morgan fingerprint density at radius 3 is 2.79 bits per heavy atom. The number of halogens is 2. The number of carbonyl (C=O) groups is 1. The van der Waals surface area contributed by atoms with E-state index in [2.05, 4.69) is 10.5 Å². The molecule has 0 atom stereocenters. The molecule has 0 aliphatic carbocycles. The molecule has 5 nitrogen and oxygen atoms in total. The molecule has 0 radical (unpaired) electrons. The van der Waals surface area contributed by atoms with Gasteiger partial charge in [-0.3, -0.25) is 4.79 Å². The molecule has 0 heterocycles. The van der Waals surface area contributed by atoms with Gasteiger partial charge in [0.1, 0.15) is 0 Å². The molecule has 24 heavy (non-hydrogen) atoms. The van der Waals surface area contributed by atoms with Gasteiger partial charge in [-0.1, -0.05) is 11.6 Å². The molecule has 0 aliphatic heterocycles. The summed E-state index contributed by atoms with van der Waals surface area (Å²) in [5, 5.41) is 14.3. The van der Waals surface area contributed by atoms with Gasteiger partial charge >= 0.3 is 0 Å². The molecule has 126 valence electrons. The maximum atomic E-state index is 11.8. The summed E-state index contributed by atoms with van der Waals surface area (Å²) in [7, 11) is 1.47. The largest absolute Gasteiger partial charge is 0.504 e. The summed E-state index contributed by atoms with van der Waals surface area (Å²) in [6.45, 7) is 0. The van der Waals surface area contributed by atoms with E-state index in [1.807, 2.05) is 34.7 Å². The quantitative estimate of drug-likeness (QED) is 0.287. The number of amides is 1. The van der Waals surface area contributed by atoms with E-state index in [4.69, 9.17) is 16.3 Å². The van der Waals surface area contributed by atoms with Crippen molar-refractivity contribution in [2.24, 2.45) is 5.10 Å². The van der Waals surface area contributed by atoms with Crippen LogP contribution in [0.3, 0.4) is 0 Å². The monoisotopic (exact) mass is 476 g/mol. The van der Waals surface area contributed by atoms with E-state index in [0.29, 0.717) is 19.9 Å². The van der Waals surface area contributed by atoms with Crippen LogP contribution in [0.5, 0.6) is 11.5 Å². The number of hydrogen-bond acceptors (Lipinski definition) is 5. The molecule has 2 N–H and O–H groups in total. The molecule has 2 rings (SSSR count). The predicted octanol–water partition coefficient (Wildman–Crippen LogP) is 3.90. The number of nitrogens with one attached hydrogen (secondary N) is 1. The lowest BCUT2D eigenvalue weighted by molar-refractivity contribution is -0.118. The van der Waals surface area contributed by atoms with E-state index in [9.17, 15) is 9.90 Å². The van der Waals surface area contributed by atoms with E-state index >= 15 is 0 Å². The van der Waals surface area contributed by atoms with Gasteiger partial charge in [0, 0.05) is 9.92 Å². The predicted molar refractivity (Wildman–Crippen MR) is 105 cm³/mol. The van der Waals surface area contributed by atoms with Gasteiger partial charge in [0.15, 0.2) is 11.5 Å². The molecule has 0 bridgehead atoms. The lowest BCUT2D eigenvalue weighted by atomic mass is 10.2. The van der Waals surface area contributed by atoms with Crippen LogP contribution in [0.25, 0.3) is 0 Å². The van der Waals surface area contributed by atoms with Crippen LogP contribution in [-0.2, 0) is 4.79 Å². The molecule has 2 aromatic carbocycles. The number of aromatic hydroxyl groups is 1. The second-order valence-corrected chi connectivity index (χ2v) is 7.24. The van der Waals surface area contributed by atoms with Crippen molar-refractivity contribution in [2.75, 3.05) is 12.9 Å². The molecule has 0 aliphatic rings. The number of ether oxygens (including phenoxy) is 1. The van der Waals surface area contributed by atoms with Gasteiger partial charge in [-0.2, -0.15) is 5.10 Å². The Kier molecular flexibility index (Phi) is 7.19. The van der Waals surface area contributed by atoms with Gasteiger partial charge in [0.25, 0.3) is 0 Å². The van der Waals surface area contributed by atoms with E-state index in [-0.39, 0.29) is 17.4 Å². The van der Waals surface area contributed by atoms with Crippen molar-refractivity contribution in [2.45, 2.75) is 4.90 Å². The number of hydrogen-bond donors (Lipinski definition) is 2. The fraction of sp³-hybridized carbons (Fsp3) is 0.125. The Hall–Kier alpha value is -1.45. The van der Waals surface area contributed by atoms with Crippen molar-refractivity contribution in [3.8, 4) is 11.5 Å². The minimum atomic E-state index is -0.216. The number of hydrazone groups is 1. The number of nitrogens with zero attached hydrogens (tertiary/aromatic N) is 1. The molecule has 1 amide bonds. The summed E-state index contributed by atoms with van der Waals surface area (Å²) in [6, 6.07) is 10.6. The summed E-state index contributed by atoms with van der Waals surface area (Å²) in [5.41, 5.74) is 3.17. The van der Waals surface area contributed by atoms with Crippen LogP contribution >= 0.6 is 46.0 Å². The highest BCUT2D eigenvalue weighted by molar-refractivity contribution is 14.1. The van der Waals surface area contributed by atoms with Crippen LogP contribution in [0.15, 0.2) is 46.4 Å². The van der Waals surface area contributed by atoms with E-state index < -0.39 is 0 Å². The third-order valence-corrected chi connectivity index (χ3v) is 4.94. The lowest BCUT2D eigenvalue weighted by Crippen LogP contribution is -2.19. The zero-order valence-electron chi connectivity index (χ0n) is 12.6. The lowest BCUT2D eigenvalue weighted by Gasteiger charge is -2.06. The second-order valence-electron chi connectivity index (χ2n) is 4.59. The molecule has 0 saturated carbocycles. The number of phenols is 1. The summed E-state index contributed by atoms with van der Waals surface area (Å²) in [6.07, 6.45) is 1.50. The highest BCUT2D eigenvalue weighted by Gasteiger charge is 2.07. The molecular weight excluding hydrogens is 463 g/mol. The zero-order chi connectivity index (χ0) is 17.5. The van der Waals surface area contributed by atoms with Crippen LogP contribution in [0.4, 0.5) is 0 Å². The van der Waals surface area contributed by atoms with Crippen LogP contribution in [0, 0.1) is 3.57 Å². The fourth-order valence-electron chi connectivity index (χ4n) is 1.71. The highest BCUT2D eigenvalue weighted by atomic mass is 127. The topological polar surface area (TPSA) is 70.9 Å². The Morgan fingerprint density at radius 2 is 2.12 bits per heavy atom. The summed E-state index contributed by atoms with van der Waals surface area (Å²) >= 11 is 9.20. The van der Waals surface area contributed by atoms with Gasteiger partial charge in [0.05, 0.1) is 22.6 Å². The van der Waals surface area contributed by atoms with Crippen molar-refractivity contribution in [3.05, 3.63) is 50.6 Å². The van der Waals surface area contributed by atoms with E-state index in [1.165, 1.54) is 25.1 Å². The van der Waals surface area contributed by atoms with Gasteiger partial charge in [-0.15, -0.1) is 11.8 Å². The van der Waals surface area contributed by atoms with Crippen molar-refractivity contribution in [3.63, 3.8) is 0 Å². The normalized spacial score (nSPS) is 10.8. The average Bonchev–Trinajstić information content (AvgIpc) is 2.57. The number of methoxy groups -OCH3 is 1. The summed E-state index contributed by atoms with van der Waals surface area (Å²) in [4.78, 5) is 12.7. The highest BCUT2D eigenvalue weighted by Crippen LogP contribution is 2.31. The van der Waals surface area contributed by atoms with Crippen molar-refractivity contribution in [1.82, 2.24) is 5.43 Å². The third-order valence-electron chi connectivity index (χ3n) is 2.86. The Morgan fingerprint density at radius 1 is 1.42 bits per heavy atom. The summed E-state index contributed by atoms with van der Waals surface area (Å²) in [5.74, 6) is 0.466. The van der Waals surface area contributed by atoms with Crippen molar-refractivity contribution in [1.29, 1.82) is 0 Å². The standard InChI is InChI=1S/C16H14ClIN2O3S/c1-23-14-7-10(6-13(18)16(14)22)8-19-20-15(21)9-24-12-4-2-11(17)3-5-12/h2-8,22H,9H2,1H3,(H,20,21)/b19-8-. The van der Waals surface area contributed by atoms with Crippen LogP contribution < -0.4 is 10.2 Å². The first-order valence-corrected chi connectivity index (χ1v) is 9.20. The number of benzene rings is 2. The number of thioether (sulfide) groups is 1. The first-order chi connectivity index (χ1) is 11.5. The first-order valence-electron chi connectivity index (χ1n) is 6.76. The molecule has 0 aromatic heterocycles. The number of rotatable bonds is 6. The summed E-state index contributed by atoms with van der Waals surface area (Å²) < 4.78 is 5.71. The maximum absolute atomic E-state index is 11.8. The fourth-order valence-corrected chi connectivity index (χ4v) is 3.16. The van der Waals surface area contributed by atoms with Gasteiger partial charge in [0.2, 0.25) is 5.91 Å². The van der Waals surface area contributed by atoms with Gasteiger partial charge < -0.3 is 9.84 Å². The zero-order valence-corrected chi connectivity index (χ0v) is 16.4. The second kappa shape index (κ2) is 9.14. The SMILES string of the molecule is COc1cc(/C=N\NC(=O)CSc2ccc(Cl)cc2)cc(I)c1O. The van der Waals surface area contributed by atoms with Gasteiger partial charge in [-0.25, -0.2) is 5.43 Å². The minimum Gasteiger partial charge on any atom is -0.504 e. The number of phenolic OH excluding ortho intramolecular Hbond substituents is 1. The minimum absolute atomic E-state index is 0.0821. The molecule has 0 saturated heterocycles. The smallest absolute Gasteiger partial charge is 0.250 e. The van der Waals surface area contributed by atoms with E-state index in [0.717, 1.165) is 4.90 Å². The maximum Gasteiger partial charge on any atom is 0.250 e. The Bertz CT molecular complexity index is 754. The van der Waals surface area contributed by atoms with Crippen LogP contribution in [-0.4, -0.2) is 30.1 Å². The molecule has 0 fully saturated rings. The third kappa shape index (κ3) is 5.57. The van der Waals surface area contributed by atoms with Gasteiger partial charge in [-0.05, 0) is 64.6 Å². The Labute approximate surface area is 162 Å². The van der Waals surface area contributed by atoms with E-state index in [1.54, 1.807) is 24.3 Å².